The summed E-state index contributed by atoms with van der Waals surface area (Å²) < 4.78 is 6.87. The minimum atomic E-state index is -0.350. The fraction of sp³-hybridized carbons (Fsp3) is 0.333. The highest BCUT2D eigenvalue weighted by Gasteiger charge is 2.29. The molecule has 2 aromatic rings. The molecule has 0 N–H and O–H groups in total. The Morgan fingerprint density at radius 1 is 1.35 bits per heavy atom. The van der Waals surface area contributed by atoms with Crippen LogP contribution < -0.4 is 4.90 Å². The van der Waals surface area contributed by atoms with E-state index in [-0.39, 0.29) is 5.97 Å². The molecule has 20 heavy (non-hydrogen) atoms. The van der Waals surface area contributed by atoms with Gasteiger partial charge in [0, 0.05) is 37.5 Å². The van der Waals surface area contributed by atoms with E-state index < -0.39 is 0 Å². The van der Waals surface area contributed by atoms with Crippen molar-refractivity contribution in [2.75, 3.05) is 18.6 Å². The van der Waals surface area contributed by atoms with Gasteiger partial charge in [0.25, 0.3) is 0 Å². The average molecular weight is 271 g/mol. The van der Waals surface area contributed by atoms with Crippen LogP contribution >= 0.6 is 0 Å². The molecular weight excluding hydrogens is 254 g/mol. The first-order valence-electron chi connectivity index (χ1n) is 6.67. The van der Waals surface area contributed by atoms with Crippen LogP contribution in [0.15, 0.2) is 24.3 Å². The zero-order chi connectivity index (χ0) is 14.3. The molecule has 3 rings (SSSR count). The first kappa shape index (κ1) is 12.7. The van der Waals surface area contributed by atoms with Crippen LogP contribution in [0.25, 0.3) is 11.3 Å². The number of para-hydroxylation sites is 1. The van der Waals surface area contributed by atoms with E-state index in [0.717, 1.165) is 22.5 Å². The number of rotatable bonds is 2. The molecular formula is C15H17N3O2. The second-order valence-electron chi connectivity index (χ2n) is 4.89. The Morgan fingerprint density at radius 3 is 2.85 bits per heavy atom. The van der Waals surface area contributed by atoms with Gasteiger partial charge in [0.15, 0.2) is 5.69 Å². The summed E-state index contributed by atoms with van der Waals surface area (Å²) in [6.45, 7) is 2.82. The molecule has 0 unspecified atom stereocenters. The van der Waals surface area contributed by atoms with Crippen molar-refractivity contribution in [3.8, 4) is 11.3 Å². The van der Waals surface area contributed by atoms with Crippen LogP contribution in [0.3, 0.4) is 0 Å². The number of aromatic nitrogens is 2. The van der Waals surface area contributed by atoms with Crippen molar-refractivity contribution in [1.29, 1.82) is 0 Å². The Hall–Kier alpha value is -2.30. The number of ether oxygens (including phenoxy) is 1. The van der Waals surface area contributed by atoms with Crippen LogP contribution in [0, 0.1) is 0 Å². The Bertz CT molecular complexity index is 676. The van der Waals surface area contributed by atoms with E-state index in [2.05, 4.69) is 22.1 Å². The third-order valence-corrected chi connectivity index (χ3v) is 3.58. The molecule has 0 spiro atoms. The van der Waals surface area contributed by atoms with E-state index in [0.29, 0.717) is 18.8 Å². The molecule has 1 aliphatic rings. The Balaban J connectivity index is 2.19. The lowest BCUT2D eigenvalue weighted by atomic mass is 9.98. The minimum Gasteiger partial charge on any atom is -0.461 e. The number of nitrogens with zero attached hydrogens (tertiary/aromatic N) is 3. The van der Waals surface area contributed by atoms with Crippen molar-refractivity contribution in [2.24, 2.45) is 7.05 Å². The topological polar surface area (TPSA) is 47.4 Å². The standard InChI is InChI=1S/C15H17N3O2/c1-4-20-15(19)13-11-9-17(2)12-8-6-5-7-10(12)14(11)18(3)16-13/h5-8H,4,9H2,1-3H3. The fourth-order valence-corrected chi connectivity index (χ4v) is 2.75. The van der Waals surface area contributed by atoms with Crippen LogP contribution in [-0.4, -0.2) is 29.4 Å². The number of hydrogen-bond acceptors (Lipinski definition) is 4. The molecule has 0 saturated carbocycles. The number of esters is 1. The van der Waals surface area contributed by atoms with Gasteiger partial charge < -0.3 is 9.64 Å². The van der Waals surface area contributed by atoms with Gasteiger partial charge in [-0.15, -0.1) is 0 Å². The van der Waals surface area contributed by atoms with Crippen LogP contribution in [0.2, 0.25) is 0 Å². The van der Waals surface area contributed by atoms with E-state index in [9.17, 15) is 4.79 Å². The van der Waals surface area contributed by atoms with Gasteiger partial charge in [-0.1, -0.05) is 18.2 Å². The summed E-state index contributed by atoms with van der Waals surface area (Å²) in [7, 11) is 3.88. The maximum Gasteiger partial charge on any atom is 0.359 e. The second-order valence-corrected chi connectivity index (χ2v) is 4.89. The van der Waals surface area contributed by atoms with E-state index in [1.54, 1.807) is 11.6 Å². The SMILES string of the molecule is CCOC(=O)c1nn(C)c2c1CN(C)c1ccccc1-2. The number of hydrogen-bond donors (Lipinski definition) is 0. The maximum atomic E-state index is 12.0. The van der Waals surface area contributed by atoms with Gasteiger partial charge in [-0.3, -0.25) is 4.68 Å². The average Bonchev–Trinajstić information content (AvgIpc) is 2.77. The molecule has 0 radical (unpaired) electrons. The van der Waals surface area contributed by atoms with E-state index in [4.69, 9.17) is 4.74 Å². The fourth-order valence-electron chi connectivity index (χ4n) is 2.75. The maximum absolute atomic E-state index is 12.0. The lowest BCUT2D eigenvalue weighted by Gasteiger charge is -2.28. The normalized spacial score (nSPS) is 12.8. The van der Waals surface area contributed by atoms with Crippen molar-refractivity contribution < 1.29 is 9.53 Å². The van der Waals surface area contributed by atoms with Gasteiger partial charge in [-0.05, 0) is 13.0 Å². The highest BCUT2D eigenvalue weighted by Crippen LogP contribution is 2.39. The predicted molar refractivity (Wildman–Crippen MR) is 76.7 cm³/mol. The molecule has 2 heterocycles. The highest BCUT2D eigenvalue weighted by atomic mass is 16.5. The summed E-state index contributed by atoms with van der Waals surface area (Å²) in [6, 6.07) is 8.15. The van der Waals surface area contributed by atoms with Gasteiger partial charge in [0.1, 0.15) is 0 Å². The van der Waals surface area contributed by atoms with Crippen molar-refractivity contribution in [1.82, 2.24) is 9.78 Å². The molecule has 104 valence electrons. The lowest BCUT2D eigenvalue weighted by Crippen LogP contribution is -2.23. The number of benzene rings is 1. The van der Waals surface area contributed by atoms with Crippen LogP contribution in [0.5, 0.6) is 0 Å². The quantitative estimate of drug-likeness (QED) is 0.786. The van der Waals surface area contributed by atoms with E-state index in [1.165, 1.54) is 0 Å². The Kier molecular flexibility index (Phi) is 2.97. The first-order chi connectivity index (χ1) is 9.63. The summed E-state index contributed by atoms with van der Waals surface area (Å²) in [5, 5.41) is 4.36. The number of fused-ring (bicyclic) bond motifs is 3. The van der Waals surface area contributed by atoms with Crippen molar-refractivity contribution in [3.05, 3.63) is 35.5 Å². The third-order valence-electron chi connectivity index (χ3n) is 3.58. The molecule has 5 nitrogen and oxygen atoms in total. The third kappa shape index (κ3) is 1.78. The van der Waals surface area contributed by atoms with Gasteiger partial charge in [0.05, 0.1) is 12.3 Å². The van der Waals surface area contributed by atoms with E-state index in [1.807, 2.05) is 26.2 Å². The van der Waals surface area contributed by atoms with E-state index >= 15 is 0 Å². The summed E-state index contributed by atoms with van der Waals surface area (Å²) in [5.41, 5.74) is 4.61. The van der Waals surface area contributed by atoms with Gasteiger partial charge in [-0.25, -0.2) is 4.79 Å². The van der Waals surface area contributed by atoms with Crippen LogP contribution in [-0.2, 0) is 18.3 Å². The first-order valence-corrected chi connectivity index (χ1v) is 6.67. The molecule has 1 aromatic carbocycles. The summed E-state index contributed by atoms with van der Waals surface area (Å²) in [6.07, 6.45) is 0. The minimum absolute atomic E-state index is 0.350. The summed E-state index contributed by atoms with van der Waals surface area (Å²) >= 11 is 0. The molecule has 0 aliphatic carbocycles. The van der Waals surface area contributed by atoms with Gasteiger partial charge >= 0.3 is 5.97 Å². The monoisotopic (exact) mass is 271 g/mol. The Labute approximate surface area is 117 Å². The number of aryl methyl sites for hydroxylation is 1. The number of anilines is 1. The second kappa shape index (κ2) is 4.67. The zero-order valence-corrected chi connectivity index (χ0v) is 11.9. The van der Waals surface area contributed by atoms with Gasteiger partial charge in [-0.2, -0.15) is 5.10 Å². The molecule has 1 aromatic heterocycles. The van der Waals surface area contributed by atoms with Crippen molar-refractivity contribution >= 4 is 11.7 Å². The lowest BCUT2D eigenvalue weighted by molar-refractivity contribution is 0.0517. The molecule has 0 bridgehead atoms. The Morgan fingerprint density at radius 2 is 2.10 bits per heavy atom. The molecule has 0 amide bonds. The largest absolute Gasteiger partial charge is 0.461 e. The molecule has 5 heteroatoms. The number of carbonyl (C=O) groups excluding carboxylic acids is 1. The molecule has 1 aliphatic heterocycles. The highest BCUT2D eigenvalue weighted by molar-refractivity contribution is 5.94. The summed E-state index contributed by atoms with van der Waals surface area (Å²) in [5.74, 6) is -0.350. The predicted octanol–water partition coefficient (Wildman–Crippen LogP) is 2.21. The van der Waals surface area contributed by atoms with Crippen LogP contribution in [0.1, 0.15) is 23.0 Å². The van der Waals surface area contributed by atoms with Crippen LogP contribution in [0.4, 0.5) is 5.69 Å². The smallest absolute Gasteiger partial charge is 0.359 e. The van der Waals surface area contributed by atoms with Gasteiger partial charge in [0.2, 0.25) is 0 Å². The zero-order valence-electron chi connectivity index (χ0n) is 11.9. The summed E-state index contributed by atoms with van der Waals surface area (Å²) in [4.78, 5) is 14.2. The molecule has 0 atom stereocenters. The number of carbonyl (C=O) groups is 1. The van der Waals surface area contributed by atoms with Crippen molar-refractivity contribution in [2.45, 2.75) is 13.5 Å². The van der Waals surface area contributed by atoms with Crippen molar-refractivity contribution in [3.63, 3.8) is 0 Å². The molecule has 0 saturated heterocycles. The molecule has 0 fully saturated rings.